The van der Waals surface area contributed by atoms with Gasteiger partial charge in [0.1, 0.15) is 0 Å². The van der Waals surface area contributed by atoms with Crippen LogP contribution in [0.25, 0.3) is 0 Å². The van der Waals surface area contributed by atoms with E-state index in [1.165, 1.54) is 12.1 Å². The van der Waals surface area contributed by atoms with E-state index in [0.717, 1.165) is 6.07 Å². The lowest BCUT2D eigenvalue weighted by Crippen LogP contribution is -2.35. The molecule has 2 aliphatic rings. The highest BCUT2D eigenvalue weighted by molar-refractivity contribution is 5.82. The van der Waals surface area contributed by atoms with Gasteiger partial charge in [0, 0.05) is 31.5 Å². The molecular weight excluding hydrogens is 278 g/mol. The fourth-order valence-electron chi connectivity index (χ4n) is 2.93. The molecule has 1 aliphatic heterocycles. The summed E-state index contributed by atoms with van der Waals surface area (Å²) in [6.45, 7) is 1.62. The lowest BCUT2D eigenvalue weighted by atomic mass is 10.1. The molecule has 0 bridgehead atoms. The molecule has 1 aromatic carbocycles. The van der Waals surface area contributed by atoms with E-state index >= 15 is 0 Å². The molecule has 3 rings (SSSR count). The van der Waals surface area contributed by atoms with Crippen molar-refractivity contribution in [3.05, 3.63) is 35.4 Å². The average Bonchev–Trinajstić information content (AvgIpc) is 3.15. The van der Waals surface area contributed by atoms with E-state index in [0.29, 0.717) is 26.1 Å². The molecule has 4 unspecified atom stereocenters. The van der Waals surface area contributed by atoms with Crippen molar-refractivity contribution in [2.45, 2.75) is 18.4 Å². The first kappa shape index (κ1) is 14.4. The fourth-order valence-corrected chi connectivity index (χ4v) is 2.93. The van der Waals surface area contributed by atoms with Crippen molar-refractivity contribution < 1.29 is 18.7 Å². The number of amides is 1. The van der Waals surface area contributed by atoms with Gasteiger partial charge in [-0.15, -0.1) is 0 Å². The van der Waals surface area contributed by atoms with Crippen LogP contribution >= 0.6 is 0 Å². The summed E-state index contributed by atoms with van der Waals surface area (Å²) >= 11 is 0. The van der Waals surface area contributed by atoms with Crippen LogP contribution in [0.15, 0.2) is 18.2 Å². The Kier molecular flexibility index (Phi) is 3.91. The summed E-state index contributed by atoms with van der Waals surface area (Å²) in [6.07, 6.45) is 0.0958. The smallest absolute Gasteiger partial charge is 0.223 e. The van der Waals surface area contributed by atoms with Crippen molar-refractivity contribution in [1.82, 2.24) is 10.6 Å². The summed E-state index contributed by atoms with van der Waals surface area (Å²) in [5, 5.41) is 15.5. The molecule has 1 aromatic rings. The van der Waals surface area contributed by atoms with Crippen LogP contribution in [0.4, 0.5) is 8.78 Å². The van der Waals surface area contributed by atoms with Gasteiger partial charge in [-0.3, -0.25) is 4.79 Å². The van der Waals surface area contributed by atoms with Gasteiger partial charge in [0.15, 0.2) is 11.6 Å². The highest BCUT2D eigenvalue weighted by atomic mass is 19.2. The third kappa shape index (κ3) is 2.91. The first-order valence-electron chi connectivity index (χ1n) is 7.18. The molecule has 6 heteroatoms. The standard InChI is InChI=1S/C15H18F2N2O2/c16-12-3-1-2-9(14(12)17)10-4-11(10)15(21)19-6-8-5-18-7-13(8)20/h1-3,8,10-11,13,18,20H,4-7H2,(H,19,21). The second-order valence-electron chi connectivity index (χ2n) is 5.82. The molecule has 2 fully saturated rings. The second-order valence-corrected chi connectivity index (χ2v) is 5.82. The van der Waals surface area contributed by atoms with Crippen LogP contribution in [-0.2, 0) is 4.79 Å². The Hall–Kier alpha value is -1.53. The number of β-amino-alcohol motifs (C(OH)–C–C–N with tert-alkyl or cyclic N) is 1. The van der Waals surface area contributed by atoms with Crippen molar-refractivity contribution >= 4 is 5.91 Å². The number of halogens is 2. The van der Waals surface area contributed by atoms with Crippen molar-refractivity contribution in [3.8, 4) is 0 Å². The highest BCUT2D eigenvalue weighted by Crippen LogP contribution is 2.48. The van der Waals surface area contributed by atoms with E-state index in [4.69, 9.17) is 0 Å². The molecule has 1 amide bonds. The quantitative estimate of drug-likeness (QED) is 0.769. The van der Waals surface area contributed by atoms with Gasteiger partial charge in [0.05, 0.1) is 6.10 Å². The van der Waals surface area contributed by atoms with Gasteiger partial charge in [0.2, 0.25) is 5.91 Å². The number of rotatable bonds is 4. The Balaban J connectivity index is 1.55. The van der Waals surface area contributed by atoms with Gasteiger partial charge >= 0.3 is 0 Å². The molecule has 1 saturated carbocycles. The van der Waals surface area contributed by atoms with E-state index in [-0.39, 0.29) is 29.2 Å². The number of aliphatic hydroxyl groups excluding tert-OH is 1. The van der Waals surface area contributed by atoms with Gasteiger partial charge in [-0.2, -0.15) is 0 Å². The number of benzene rings is 1. The van der Waals surface area contributed by atoms with Gasteiger partial charge in [-0.25, -0.2) is 8.78 Å². The van der Waals surface area contributed by atoms with Crippen molar-refractivity contribution in [1.29, 1.82) is 0 Å². The minimum absolute atomic E-state index is 0.0112. The van der Waals surface area contributed by atoms with Crippen LogP contribution in [0, 0.1) is 23.5 Å². The Morgan fingerprint density at radius 1 is 1.38 bits per heavy atom. The van der Waals surface area contributed by atoms with E-state index in [1.54, 1.807) is 0 Å². The van der Waals surface area contributed by atoms with Crippen LogP contribution < -0.4 is 10.6 Å². The van der Waals surface area contributed by atoms with Crippen molar-refractivity contribution in [2.24, 2.45) is 11.8 Å². The average molecular weight is 296 g/mol. The maximum absolute atomic E-state index is 13.7. The second kappa shape index (κ2) is 5.69. The van der Waals surface area contributed by atoms with Gasteiger partial charge in [-0.05, 0) is 24.0 Å². The van der Waals surface area contributed by atoms with Crippen LogP contribution in [0.2, 0.25) is 0 Å². The van der Waals surface area contributed by atoms with Gasteiger partial charge in [0.25, 0.3) is 0 Å². The van der Waals surface area contributed by atoms with E-state index in [1.807, 2.05) is 0 Å². The van der Waals surface area contributed by atoms with E-state index in [9.17, 15) is 18.7 Å². The molecular formula is C15H18F2N2O2. The molecule has 21 heavy (non-hydrogen) atoms. The van der Waals surface area contributed by atoms with Crippen molar-refractivity contribution in [3.63, 3.8) is 0 Å². The number of carbonyl (C=O) groups is 1. The lowest BCUT2D eigenvalue weighted by molar-refractivity contribution is -0.122. The first-order valence-corrected chi connectivity index (χ1v) is 7.18. The first-order chi connectivity index (χ1) is 10.1. The lowest BCUT2D eigenvalue weighted by Gasteiger charge is -2.14. The van der Waals surface area contributed by atoms with Crippen LogP contribution in [0.1, 0.15) is 17.9 Å². The zero-order valence-corrected chi connectivity index (χ0v) is 11.5. The zero-order valence-electron chi connectivity index (χ0n) is 11.5. The summed E-state index contributed by atoms with van der Waals surface area (Å²) in [6, 6.07) is 4.06. The molecule has 3 N–H and O–H groups in total. The molecule has 114 valence electrons. The maximum atomic E-state index is 13.7. The van der Waals surface area contributed by atoms with Gasteiger partial charge < -0.3 is 15.7 Å². The van der Waals surface area contributed by atoms with Crippen LogP contribution in [0.3, 0.4) is 0 Å². The molecule has 4 atom stereocenters. The fraction of sp³-hybridized carbons (Fsp3) is 0.533. The topological polar surface area (TPSA) is 61.4 Å². The minimum atomic E-state index is -0.876. The monoisotopic (exact) mass is 296 g/mol. The number of hydrogen-bond donors (Lipinski definition) is 3. The molecule has 4 nitrogen and oxygen atoms in total. The minimum Gasteiger partial charge on any atom is -0.391 e. The third-order valence-corrected chi connectivity index (χ3v) is 4.35. The Bertz CT molecular complexity index is 552. The summed E-state index contributed by atoms with van der Waals surface area (Å²) in [7, 11) is 0. The zero-order chi connectivity index (χ0) is 15.0. The number of aliphatic hydroxyl groups is 1. The third-order valence-electron chi connectivity index (χ3n) is 4.35. The molecule has 1 heterocycles. The molecule has 0 radical (unpaired) electrons. The SMILES string of the molecule is O=C(NCC1CNCC1O)C1CC1c1cccc(F)c1F. The summed E-state index contributed by atoms with van der Waals surface area (Å²) in [5.74, 6) is -2.41. The molecule has 0 spiro atoms. The van der Waals surface area contributed by atoms with Gasteiger partial charge in [-0.1, -0.05) is 12.1 Å². The number of nitrogens with one attached hydrogen (secondary N) is 2. The molecule has 1 saturated heterocycles. The van der Waals surface area contributed by atoms with Crippen LogP contribution in [-0.4, -0.2) is 36.8 Å². The predicted molar refractivity (Wildman–Crippen MR) is 72.6 cm³/mol. The van der Waals surface area contributed by atoms with E-state index < -0.39 is 17.7 Å². The Morgan fingerprint density at radius 2 is 2.19 bits per heavy atom. The Labute approximate surface area is 121 Å². The molecule has 0 aromatic heterocycles. The number of carbonyl (C=O) groups excluding carboxylic acids is 1. The molecule has 1 aliphatic carbocycles. The van der Waals surface area contributed by atoms with Crippen LogP contribution in [0.5, 0.6) is 0 Å². The summed E-state index contributed by atoms with van der Waals surface area (Å²) in [4.78, 5) is 12.0. The summed E-state index contributed by atoms with van der Waals surface area (Å²) in [5.41, 5.74) is 0.276. The largest absolute Gasteiger partial charge is 0.391 e. The van der Waals surface area contributed by atoms with Crippen molar-refractivity contribution in [2.75, 3.05) is 19.6 Å². The highest BCUT2D eigenvalue weighted by Gasteiger charge is 2.45. The van der Waals surface area contributed by atoms with E-state index in [2.05, 4.69) is 10.6 Å². The maximum Gasteiger partial charge on any atom is 0.223 e. The predicted octanol–water partition coefficient (Wildman–Crippen LogP) is 0.765. The number of hydrogen-bond acceptors (Lipinski definition) is 3. The summed E-state index contributed by atoms with van der Waals surface area (Å²) < 4.78 is 26.8. The normalized spacial score (nSPS) is 31.2. The Morgan fingerprint density at radius 3 is 2.90 bits per heavy atom.